The zero-order valence-electron chi connectivity index (χ0n) is 12.9. The van der Waals surface area contributed by atoms with Crippen LogP contribution in [0.3, 0.4) is 0 Å². The summed E-state index contributed by atoms with van der Waals surface area (Å²) in [5.74, 6) is 0. The largest absolute Gasteiger partial charge is 0.309 e. The molecule has 20 heavy (non-hydrogen) atoms. The molecule has 0 aliphatic heterocycles. The third kappa shape index (κ3) is 3.49. The Morgan fingerprint density at radius 1 is 1.25 bits per heavy atom. The predicted octanol–water partition coefficient (Wildman–Crippen LogP) is 3.50. The summed E-state index contributed by atoms with van der Waals surface area (Å²) < 4.78 is 2.03. The molecule has 2 rings (SSSR count). The molecule has 1 N–H and O–H groups in total. The van der Waals surface area contributed by atoms with Crippen molar-refractivity contribution in [3.05, 3.63) is 39.3 Å². The van der Waals surface area contributed by atoms with Gasteiger partial charge in [0.2, 0.25) is 0 Å². The Bertz CT molecular complexity index is 542. The first-order valence-electron chi connectivity index (χ1n) is 7.51. The summed E-state index contributed by atoms with van der Waals surface area (Å²) in [6.07, 6.45) is 3.12. The molecule has 2 aromatic rings. The monoisotopic (exact) mass is 291 g/mol. The van der Waals surface area contributed by atoms with Crippen molar-refractivity contribution < 1.29 is 0 Å². The SMILES string of the molecule is CCNC(Cc1cc(CC)nn1C)c1ccc(CC)s1. The Morgan fingerprint density at radius 2 is 2.05 bits per heavy atom. The number of hydrogen-bond donors (Lipinski definition) is 1. The average molecular weight is 291 g/mol. The lowest BCUT2D eigenvalue weighted by Crippen LogP contribution is -2.23. The van der Waals surface area contributed by atoms with Crippen LogP contribution in [0.2, 0.25) is 0 Å². The Hall–Kier alpha value is -1.13. The van der Waals surface area contributed by atoms with E-state index in [9.17, 15) is 0 Å². The number of hydrogen-bond acceptors (Lipinski definition) is 3. The third-order valence-electron chi connectivity index (χ3n) is 3.63. The highest BCUT2D eigenvalue weighted by Gasteiger charge is 2.16. The van der Waals surface area contributed by atoms with Crippen LogP contribution in [-0.4, -0.2) is 16.3 Å². The van der Waals surface area contributed by atoms with E-state index in [2.05, 4.69) is 49.4 Å². The van der Waals surface area contributed by atoms with Gasteiger partial charge in [0.1, 0.15) is 0 Å². The minimum absolute atomic E-state index is 0.394. The number of nitrogens with one attached hydrogen (secondary N) is 1. The van der Waals surface area contributed by atoms with Crippen molar-refractivity contribution in [2.75, 3.05) is 6.54 Å². The van der Waals surface area contributed by atoms with Crippen LogP contribution in [0.4, 0.5) is 0 Å². The van der Waals surface area contributed by atoms with Crippen LogP contribution in [0.15, 0.2) is 18.2 Å². The molecule has 0 aliphatic carbocycles. The first kappa shape index (κ1) is 15.3. The van der Waals surface area contributed by atoms with E-state index in [0.717, 1.165) is 25.8 Å². The van der Waals surface area contributed by atoms with E-state index in [-0.39, 0.29) is 0 Å². The highest BCUT2D eigenvalue weighted by Crippen LogP contribution is 2.26. The highest BCUT2D eigenvalue weighted by atomic mass is 32.1. The molecule has 0 aromatic carbocycles. The Morgan fingerprint density at radius 3 is 2.60 bits per heavy atom. The standard InChI is InChI=1S/C16H25N3S/c1-5-12-10-13(19(4)18-12)11-15(17-7-3)16-9-8-14(6-2)20-16/h8-10,15,17H,5-7,11H2,1-4H3. The Balaban J connectivity index is 2.17. The number of likely N-dealkylation sites (N-methyl/N-ethyl adjacent to an activating group) is 1. The van der Waals surface area contributed by atoms with Crippen molar-refractivity contribution in [1.29, 1.82) is 0 Å². The van der Waals surface area contributed by atoms with E-state index in [1.165, 1.54) is 21.1 Å². The van der Waals surface area contributed by atoms with Crippen LogP contribution in [-0.2, 0) is 26.3 Å². The quantitative estimate of drug-likeness (QED) is 0.846. The highest BCUT2D eigenvalue weighted by molar-refractivity contribution is 7.12. The fourth-order valence-corrected chi connectivity index (χ4v) is 3.46. The van der Waals surface area contributed by atoms with Gasteiger partial charge in [0.05, 0.1) is 5.69 Å². The number of nitrogens with zero attached hydrogens (tertiary/aromatic N) is 2. The number of rotatable bonds is 7. The van der Waals surface area contributed by atoms with Gasteiger partial charge in [-0.15, -0.1) is 11.3 Å². The maximum Gasteiger partial charge on any atom is 0.0624 e. The first-order chi connectivity index (χ1) is 9.67. The summed E-state index contributed by atoms with van der Waals surface area (Å²) in [5.41, 5.74) is 2.48. The second kappa shape index (κ2) is 7.04. The van der Waals surface area contributed by atoms with Crippen molar-refractivity contribution in [3.63, 3.8) is 0 Å². The van der Waals surface area contributed by atoms with Crippen molar-refractivity contribution in [3.8, 4) is 0 Å². The summed E-state index contributed by atoms with van der Waals surface area (Å²) >= 11 is 1.93. The van der Waals surface area contributed by atoms with E-state index < -0.39 is 0 Å². The van der Waals surface area contributed by atoms with Gasteiger partial charge in [-0.1, -0.05) is 20.8 Å². The molecular formula is C16H25N3S. The Labute approximate surface area is 126 Å². The lowest BCUT2D eigenvalue weighted by Gasteiger charge is -2.16. The third-order valence-corrected chi connectivity index (χ3v) is 4.97. The maximum atomic E-state index is 4.55. The fourth-order valence-electron chi connectivity index (χ4n) is 2.44. The molecular weight excluding hydrogens is 266 g/mol. The van der Waals surface area contributed by atoms with Crippen LogP contribution in [0.1, 0.15) is 48.0 Å². The summed E-state index contributed by atoms with van der Waals surface area (Å²) in [7, 11) is 2.05. The zero-order valence-corrected chi connectivity index (χ0v) is 13.8. The van der Waals surface area contributed by atoms with Gasteiger partial charge in [-0.3, -0.25) is 4.68 Å². The summed E-state index contributed by atoms with van der Waals surface area (Å²) in [4.78, 5) is 2.89. The van der Waals surface area contributed by atoms with E-state index >= 15 is 0 Å². The minimum atomic E-state index is 0.394. The van der Waals surface area contributed by atoms with Gasteiger partial charge in [0.15, 0.2) is 0 Å². The van der Waals surface area contributed by atoms with Gasteiger partial charge >= 0.3 is 0 Å². The molecule has 0 bridgehead atoms. The second-order valence-corrected chi connectivity index (χ2v) is 6.28. The van der Waals surface area contributed by atoms with Gasteiger partial charge in [0, 0.05) is 35.0 Å². The number of aromatic nitrogens is 2. The molecule has 0 fully saturated rings. The van der Waals surface area contributed by atoms with Crippen molar-refractivity contribution >= 4 is 11.3 Å². The summed E-state index contributed by atoms with van der Waals surface area (Å²) in [6, 6.07) is 7.16. The van der Waals surface area contributed by atoms with Crippen LogP contribution in [0.25, 0.3) is 0 Å². The first-order valence-corrected chi connectivity index (χ1v) is 8.33. The molecule has 0 spiro atoms. The second-order valence-electron chi connectivity index (χ2n) is 5.08. The van der Waals surface area contributed by atoms with Gasteiger partial charge in [-0.05, 0) is 37.6 Å². The van der Waals surface area contributed by atoms with Crippen molar-refractivity contribution in [2.45, 2.75) is 46.1 Å². The Kier molecular flexibility index (Phi) is 5.38. The average Bonchev–Trinajstić information content (AvgIpc) is 3.05. The number of thiophene rings is 1. The van der Waals surface area contributed by atoms with E-state index in [4.69, 9.17) is 0 Å². The summed E-state index contributed by atoms with van der Waals surface area (Å²) in [6.45, 7) is 7.53. The molecule has 1 unspecified atom stereocenters. The van der Waals surface area contributed by atoms with Gasteiger partial charge in [0.25, 0.3) is 0 Å². The zero-order chi connectivity index (χ0) is 14.5. The molecule has 110 valence electrons. The topological polar surface area (TPSA) is 29.9 Å². The molecule has 2 heterocycles. The smallest absolute Gasteiger partial charge is 0.0624 e. The van der Waals surface area contributed by atoms with Crippen molar-refractivity contribution in [1.82, 2.24) is 15.1 Å². The molecule has 3 nitrogen and oxygen atoms in total. The van der Waals surface area contributed by atoms with Crippen molar-refractivity contribution in [2.24, 2.45) is 7.05 Å². The number of aryl methyl sites for hydroxylation is 3. The fraction of sp³-hybridized carbons (Fsp3) is 0.562. The molecule has 2 aromatic heterocycles. The molecule has 0 saturated carbocycles. The summed E-state index contributed by atoms with van der Waals surface area (Å²) in [5, 5.41) is 8.16. The van der Waals surface area contributed by atoms with Crippen LogP contribution in [0.5, 0.6) is 0 Å². The van der Waals surface area contributed by atoms with Crippen LogP contribution >= 0.6 is 11.3 Å². The molecule has 4 heteroatoms. The van der Waals surface area contributed by atoms with E-state index in [0.29, 0.717) is 6.04 Å². The van der Waals surface area contributed by atoms with Gasteiger partial charge < -0.3 is 5.32 Å². The molecule has 0 aliphatic rings. The van der Waals surface area contributed by atoms with Crippen LogP contribution in [0, 0.1) is 0 Å². The normalized spacial score (nSPS) is 12.8. The van der Waals surface area contributed by atoms with E-state index in [1.807, 2.05) is 23.1 Å². The van der Waals surface area contributed by atoms with E-state index in [1.54, 1.807) is 0 Å². The molecule has 0 saturated heterocycles. The lowest BCUT2D eigenvalue weighted by atomic mass is 10.1. The maximum absolute atomic E-state index is 4.55. The minimum Gasteiger partial charge on any atom is -0.309 e. The van der Waals surface area contributed by atoms with Crippen LogP contribution < -0.4 is 5.32 Å². The molecule has 0 amide bonds. The lowest BCUT2D eigenvalue weighted by molar-refractivity contribution is 0.536. The predicted molar refractivity (Wildman–Crippen MR) is 86.4 cm³/mol. The molecule has 0 radical (unpaired) electrons. The van der Waals surface area contributed by atoms with Gasteiger partial charge in [-0.25, -0.2) is 0 Å². The molecule has 1 atom stereocenters. The van der Waals surface area contributed by atoms with Gasteiger partial charge in [-0.2, -0.15) is 5.10 Å².